The van der Waals surface area contributed by atoms with Crippen molar-refractivity contribution in [2.24, 2.45) is 0 Å². The lowest BCUT2D eigenvalue weighted by molar-refractivity contribution is 0.0526. The van der Waals surface area contributed by atoms with Crippen LogP contribution in [0.5, 0.6) is 0 Å². The zero-order chi connectivity index (χ0) is 20.8. The molecule has 0 aliphatic heterocycles. The largest absolute Gasteiger partial charge is 0.462 e. The standard InChI is InChI=1S/C22H21N5O2/c1-4-29-21(28)17-11-14(2)20(15(3)12-17)26-19-9-10-24-22(27-19)25-18-7-5-16(13-23)6-8-18/h5-12H,4H2,1-3H3,(H2,24,25,26,27). The zero-order valence-electron chi connectivity index (χ0n) is 16.5. The highest BCUT2D eigenvalue weighted by atomic mass is 16.5. The molecule has 7 nitrogen and oxygen atoms in total. The van der Waals surface area contributed by atoms with Crippen LogP contribution in [0, 0.1) is 25.2 Å². The maximum Gasteiger partial charge on any atom is 0.338 e. The van der Waals surface area contributed by atoms with Gasteiger partial charge in [-0.1, -0.05) is 0 Å². The molecule has 2 aromatic carbocycles. The van der Waals surface area contributed by atoms with E-state index in [0.29, 0.717) is 29.5 Å². The Balaban J connectivity index is 1.79. The monoisotopic (exact) mass is 387 g/mol. The van der Waals surface area contributed by atoms with Gasteiger partial charge in [0.05, 0.1) is 23.8 Å². The van der Waals surface area contributed by atoms with Gasteiger partial charge >= 0.3 is 5.97 Å². The summed E-state index contributed by atoms with van der Waals surface area (Å²) in [6, 6.07) is 14.5. The molecule has 29 heavy (non-hydrogen) atoms. The van der Waals surface area contributed by atoms with Crippen LogP contribution in [-0.2, 0) is 4.74 Å². The first kappa shape index (κ1) is 19.8. The van der Waals surface area contributed by atoms with Gasteiger partial charge in [0.1, 0.15) is 5.82 Å². The summed E-state index contributed by atoms with van der Waals surface area (Å²) in [5.74, 6) is 0.713. The molecular formula is C22H21N5O2. The van der Waals surface area contributed by atoms with Crippen LogP contribution in [0.2, 0.25) is 0 Å². The quantitative estimate of drug-likeness (QED) is 0.595. The number of anilines is 4. The fourth-order valence-corrected chi connectivity index (χ4v) is 2.87. The maximum atomic E-state index is 12.0. The van der Waals surface area contributed by atoms with Gasteiger partial charge in [-0.2, -0.15) is 10.2 Å². The van der Waals surface area contributed by atoms with E-state index in [2.05, 4.69) is 26.7 Å². The smallest absolute Gasteiger partial charge is 0.338 e. The minimum absolute atomic E-state index is 0.332. The van der Waals surface area contributed by atoms with Gasteiger partial charge in [-0.15, -0.1) is 0 Å². The van der Waals surface area contributed by atoms with Crippen molar-refractivity contribution in [2.75, 3.05) is 17.2 Å². The first-order valence-corrected chi connectivity index (χ1v) is 9.15. The van der Waals surface area contributed by atoms with Crippen molar-refractivity contribution in [3.05, 3.63) is 70.9 Å². The van der Waals surface area contributed by atoms with Crippen molar-refractivity contribution in [1.29, 1.82) is 5.26 Å². The van der Waals surface area contributed by atoms with Crippen LogP contribution in [0.1, 0.15) is 34.0 Å². The van der Waals surface area contributed by atoms with Crippen LogP contribution in [0.3, 0.4) is 0 Å². The van der Waals surface area contributed by atoms with Gasteiger partial charge in [-0.3, -0.25) is 0 Å². The predicted octanol–water partition coefficient (Wildman–Crippen LogP) is 4.63. The van der Waals surface area contributed by atoms with Crippen molar-refractivity contribution in [3.63, 3.8) is 0 Å². The second kappa shape index (κ2) is 8.85. The molecule has 0 amide bonds. The Kier molecular flexibility index (Phi) is 6.05. The Labute approximate surface area is 169 Å². The Hall–Kier alpha value is -3.92. The fourth-order valence-electron chi connectivity index (χ4n) is 2.87. The summed E-state index contributed by atoms with van der Waals surface area (Å²) in [6.07, 6.45) is 1.65. The molecule has 3 rings (SSSR count). The average molecular weight is 387 g/mol. The Morgan fingerprint density at radius 3 is 2.41 bits per heavy atom. The summed E-state index contributed by atoms with van der Waals surface area (Å²) in [5, 5.41) is 15.3. The number of rotatable bonds is 6. The van der Waals surface area contributed by atoms with E-state index in [4.69, 9.17) is 10.00 Å². The number of benzene rings is 2. The number of aromatic nitrogens is 2. The van der Waals surface area contributed by atoms with Gasteiger partial charge in [0.25, 0.3) is 0 Å². The normalized spacial score (nSPS) is 10.1. The van der Waals surface area contributed by atoms with Crippen molar-refractivity contribution in [1.82, 2.24) is 9.97 Å². The van der Waals surface area contributed by atoms with E-state index in [-0.39, 0.29) is 5.97 Å². The van der Waals surface area contributed by atoms with E-state index < -0.39 is 0 Å². The summed E-state index contributed by atoms with van der Waals surface area (Å²) in [4.78, 5) is 20.7. The van der Waals surface area contributed by atoms with Crippen molar-refractivity contribution < 1.29 is 9.53 Å². The van der Waals surface area contributed by atoms with Gasteiger partial charge in [-0.05, 0) is 74.4 Å². The molecule has 1 aromatic heterocycles. The molecule has 0 unspecified atom stereocenters. The lowest BCUT2D eigenvalue weighted by atomic mass is 10.0. The minimum atomic E-state index is -0.332. The van der Waals surface area contributed by atoms with E-state index in [1.54, 1.807) is 55.6 Å². The van der Waals surface area contributed by atoms with E-state index in [0.717, 1.165) is 22.5 Å². The van der Waals surface area contributed by atoms with E-state index in [1.807, 2.05) is 13.8 Å². The molecule has 0 aliphatic rings. The van der Waals surface area contributed by atoms with Crippen LogP contribution in [0.25, 0.3) is 0 Å². The number of aryl methyl sites for hydroxylation is 2. The maximum absolute atomic E-state index is 12.0. The van der Waals surface area contributed by atoms with Gasteiger partial charge in [0.2, 0.25) is 5.95 Å². The molecule has 0 saturated carbocycles. The first-order valence-electron chi connectivity index (χ1n) is 9.15. The van der Waals surface area contributed by atoms with Crippen LogP contribution < -0.4 is 10.6 Å². The summed E-state index contributed by atoms with van der Waals surface area (Å²) < 4.78 is 5.08. The first-order chi connectivity index (χ1) is 14.0. The van der Waals surface area contributed by atoms with E-state index >= 15 is 0 Å². The second-order valence-electron chi connectivity index (χ2n) is 6.41. The van der Waals surface area contributed by atoms with Crippen LogP contribution in [-0.4, -0.2) is 22.5 Å². The number of nitrogens with zero attached hydrogens (tertiary/aromatic N) is 3. The minimum Gasteiger partial charge on any atom is -0.462 e. The van der Waals surface area contributed by atoms with Gasteiger partial charge < -0.3 is 15.4 Å². The summed E-state index contributed by atoms with van der Waals surface area (Å²) in [6.45, 7) is 5.98. The molecule has 0 atom stereocenters. The molecule has 0 bridgehead atoms. The van der Waals surface area contributed by atoms with E-state index in [1.165, 1.54) is 0 Å². The summed E-state index contributed by atoms with van der Waals surface area (Å²) >= 11 is 0. The molecule has 146 valence electrons. The summed E-state index contributed by atoms with van der Waals surface area (Å²) in [5.41, 5.74) is 4.59. The van der Waals surface area contributed by atoms with Crippen molar-refractivity contribution >= 4 is 29.1 Å². The van der Waals surface area contributed by atoms with Gasteiger partial charge in [-0.25, -0.2) is 9.78 Å². The van der Waals surface area contributed by atoms with Crippen molar-refractivity contribution in [2.45, 2.75) is 20.8 Å². The zero-order valence-corrected chi connectivity index (χ0v) is 16.5. The summed E-state index contributed by atoms with van der Waals surface area (Å²) in [7, 11) is 0. The van der Waals surface area contributed by atoms with Gasteiger partial charge in [0, 0.05) is 17.6 Å². The number of esters is 1. The number of carbonyl (C=O) groups excluding carboxylic acids is 1. The average Bonchev–Trinajstić information content (AvgIpc) is 2.71. The van der Waals surface area contributed by atoms with Crippen molar-refractivity contribution in [3.8, 4) is 6.07 Å². The third-order valence-electron chi connectivity index (χ3n) is 4.22. The molecule has 3 aromatic rings. The Morgan fingerprint density at radius 2 is 1.79 bits per heavy atom. The molecule has 2 N–H and O–H groups in total. The highest BCUT2D eigenvalue weighted by molar-refractivity contribution is 5.91. The second-order valence-corrected chi connectivity index (χ2v) is 6.41. The topological polar surface area (TPSA) is 99.9 Å². The highest BCUT2D eigenvalue weighted by Gasteiger charge is 2.12. The highest BCUT2D eigenvalue weighted by Crippen LogP contribution is 2.26. The Morgan fingerprint density at radius 1 is 1.10 bits per heavy atom. The fraction of sp³-hybridized carbons (Fsp3) is 0.182. The van der Waals surface area contributed by atoms with E-state index in [9.17, 15) is 4.79 Å². The van der Waals surface area contributed by atoms with Crippen LogP contribution in [0.15, 0.2) is 48.7 Å². The molecular weight excluding hydrogens is 366 g/mol. The Bertz CT molecular complexity index is 1050. The SMILES string of the molecule is CCOC(=O)c1cc(C)c(Nc2ccnc(Nc3ccc(C#N)cc3)n2)c(C)c1. The van der Waals surface area contributed by atoms with Crippen LogP contribution in [0.4, 0.5) is 23.1 Å². The van der Waals surface area contributed by atoms with Crippen LogP contribution >= 0.6 is 0 Å². The number of ether oxygens (including phenoxy) is 1. The third-order valence-corrected chi connectivity index (χ3v) is 4.22. The number of hydrogen-bond donors (Lipinski definition) is 2. The number of nitrogens with one attached hydrogen (secondary N) is 2. The number of nitriles is 1. The molecule has 7 heteroatoms. The predicted molar refractivity (Wildman–Crippen MR) is 112 cm³/mol. The number of carbonyl (C=O) groups is 1. The molecule has 0 fully saturated rings. The molecule has 1 heterocycles. The molecule has 0 aliphatic carbocycles. The lowest BCUT2D eigenvalue weighted by Gasteiger charge is -2.14. The third kappa shape index (κ3) is 4.87. The molecule has 0 spiro atoms. The molecule has 0 saturated heterocycles. The number of hydrogen-bond acceptors (Lipinski definition) is 7. The van der Waals surface area contributed by atoms with Gasteiger partial charge in [0.15, 0.2) is 0 Å². The molecule has 0 radical (unpaired) electrons. The lowest BCUT2D eigenvalue weighted by Crippen LogP contribution is -2.07.